The van der Waals surface area contributed by atoms with E-state index in [0.717, 1.165) is 22.5 Å². The first-order chi connectivity index (χ1) is 15.0. The summed E-state index contributed by atoms with van der Waals surface area (Å²) in [6, 6.07) is 15.8. The molecule has 1 N–H and O–H groups in total. The molecule has 4 aromatic rings. The van der Waals surface area contributed by atoms with Crippen molar-refractivity contribution in [2.24, 2.45) is 5.10 Å². The van der Waals surface area contributed by atoms with Gasteiger partial charge in [-0.25, -0.2) is 20.4 Å². The van der Waals surface area contributed by atoms with Gasteiger partial charge < -0.3 is 0 Å². The van der Waals surface area contributed by atoms with Crippen LogP contribution < -0.4 is 11.0 Å². The van der Waals surface area contributed by atoms with E-state index in [0.29, 0.717) is 27.9 Å². The van der Waals surface area contributed by atoms with Gasteiger partial charge in [0.15, 0.2) is 0 Å². The molecule has 31 heavy (non-hydrogen) atoms. The van der Waals surface area contributed by atoms with E-state index in [1.807, 2.05) is 57.2 Å². The van der Waals surface area contributed by atoms with Gasteiger partial charge in [-0.05, 0) is 44.0 Å². The summed E-state index contributed by atoms with van der Waals surface area (Å²) < 4.78 is 1.55. The number of benzene rings is 1. The van der Waals surface area contributed by atoms with E-state index in [2.05, 4.69) is 32.6 Å². The minimum Gasteiger partial charge on any atom is -0.268 e. The van der Waals surface area contributed by atoms with E-state index < -0.39 is 0 Å². The molecular formula is C23H22N6OS. The first kappa shape index (κ1) is 20.7. The maximum absolute atomic E-state index is 13.2. The predicted molar refractivity (Wildman–Crippen MR) is 125 cm³/mol. The number of nitrogens with one attached hydrogen (secondary N) is 1. The van der Waals surface area contributed by atoms with Crippen LogP contribution in [0.1, 0.15) is 28.1 Å². The second kappa shape index (κ2) is 9.09. The zero-order chi connectivity index (χ0) is 21.8. The van der Waals surface area contributed by atoms with E-state index in [1.54, 1.807) is 10.6 Å². The van der Waals surface area contributed by atoms with Gasteiger partial charge in [-0.3, -0.25) is 9.20 Å². The molecule has 0 saturated heterocycles. The van der Waals surface area contributed by atoms with Crippen LogP contribution in [0.5, 0.6) is 0 Å². The Morgan fingerprint density at radius 2 is 1.77 bits per heavy atom. The van der Waals surface area contributed by atoms with E-state index in [-0.39, 0.29) is 5.56 Å². The minimum absolute atomic E-state index is 0.170. The summed E-state index contributed by atoms with van der Waals surface area (Å²) in [4.78, 5) is 26.6. The predicted octanol–water partition coefficient (Wildman–Crippen LogP) is 4.15. The summed E-state index contributed by atoms with van der Waals surface area (Å²) in [5.74, 6) is 1.08. The summed E-state index contributed by atoms with van der Waals surface area (Å²) in [6.45, 7) is 5.73. The summed E-state index contributed by atoms with van der Waals surface area (Å²) >= 11 is 1.51. The average Bonchev–Trinajstić information content (AvgIpc) is 2.75. The van der Waals surface area contributed by atoms with Gasteiger partial charge in [0.25, 0.3) is 5.56 Å². The maximum atomic E-state index is 13.2. The molecule has 0 saturated carbocycles. The summed E-state index contributed by atoms with van der Waals surface area (Å²) in [5.41, 5.74) is 7.49. The van der Waals surface area contributed by atoms with Crippen LogP contribution in [0.2, 0.25) is 0 Å². The highest BCUT2D eigenvalue weighted by Crippen LogP contribution is 2.23. The third kappa shape index (κ3) is 4.80. The fourth-order valence-electron chi connectivity index (χ4n) is 3.17. The normalized spacial score (nSPS) is 11.3. The Labute approximate surface area is 184 Å². The lowest BCUT2D eigenvalue weighted by molar-refractivity contribution is 0.966. The van der Waals surface area contributed by atoms with Crippen molar-refractivity contribution in [1.29, 1.82) is 0 Å². The Balaban J connectivity index is 1.70. The summed E-state index contributed by atoms with van der Waals surface area (Å²) in [6.07, 6.45) is 3.22. The molecule has 0 unspecified atom stereocenters. The molecule has 0 fully saturated rings. The Kier molecular flexibility index (Phi) is 6.08. The van der Waals surface area contributed by atoms with Crippen molar-refractivity contribution in [1.82, 2.24) is 19.4 Å². The lowest BCUT2D eigenvalue weighted by Gasteiger charge is -2.09. The molecule has 7 nitrogen and oxygen atoms in total. The number of anilines is 1. The van der Waals surface area contributed by atoms with Crippen LogP contribution in [0.4, 0.5) is 5.95 Å². The SMILES string of the molecule is Cc1cc(C)nc(N/N=C\c2c(SCc3ccccc3)nc3c(C)cccn3c2=O)n1. The maximum Gasteiger partial charge on any atom is 0.267 e. The van der Waals surface area contributed by atoms with E-state index in [9.17, 15) is 4.79 Å². The Bertz CT molecular complexity index is 1300. The van der Waals surface area contributed by atoms with Gasteiger partial charge in [0, 0.05) is 23.3 Å². The van der Waals surface area contributed by atoms with E-state index >= 15 is 0 Å². The number of rotatable bonds is 6. The third-order valence-corrected chi connectivity index (χ3v) is 5.67. The zero-order valence-electron chi connectivity index (χ0n) is 17.5. The number of hydrazone groups is 1. The number of hydrogen-bond acceptors (Lipinski definition) is 7. The Morgan fingerprint density at radius 1 is 1.03 bits per heavy atom. The molecule has 1 aromatic carbocycles. The number of fused-ring (bicyclic) bond motifs is 1. The monoisotopic (exact) mass is 430 g/mol. The zero-order valence-corrected chi connectivity index (χ0v) is 18.3. The summed E-state index contributed by atoms with van der Waals surface area (Å²) in [5, 5.41) is 4.87. The smallest absolute Gasteiger partial charge is 0.267 e. The van der Waals surface area contributed by atoms with Crippen molar-refractivity contribution >= 4 is 29.6 Å². The number of aryl methyl sites for hydroxylation is 3. The molecule has 3 heterocycles. The molecular weight excluding hydrogens is 408 g/mol. The van der Waals surface area contributed by atoms with Crippen LogP contribution in [0, 0.1) is 20.8 Å². The van der Waals surface area contributed by atoms with E-state index in [4.69, 9.17) is 4.98 Å². The highest BCUT2D eigenvalue weighted by Gasteiger charge is 2.13. The van der Waals surface area contributed by atoms with E-state index in [1.165, 1.54) is 18.0 Å². The highest BCUT2D eigenvalue weighted by molar-refractivity contribution is 7.98. The standard InChI is InChI=1S/C23H22N6OS/c1-15-8-7-11-29-20(15)27-21(31-14-18-9-5-4-6-10-18)19(22(29)30)13-24-28-23-25-16(2)12-17(3)26-23/h4-13H,14H2,1-3H3,(H,25,26,28)/b24-13-. The first-order valence-corrected chi connectivity index (χ1v) is 10.8. The van der Waals surface area contributed by atoms with Gasteiger partial charge in [0.1, 0.15) is 10.7 Å². The number of pyridine rings is 1. The van der Waals surface area contributed by atoms with Crippen molar-refractivity contribution in [3.05, 3.63) is 93.2 Å². The van der Waals surface area contributed by atoms with Gasteiger partial charge in [-0.2, -0.15) is 5.10 Å². The van der Waals surface area contributed by atoms with Gasteiger partial charge in [-0.1, -0.05) is 36.4 Å². The topological polar surface area (TPSA) is 84.5 Å². The highest BCUT2D eigenvalue weighted by atomic mass is 32.2. The van der Waals surface area contributed by atoms with Crippen LogP contribution in [-0.4, -0.2) is 25.6 Å². The van der Waals surface area contributed by atoms with Crippen molar-refractivity contribution in [3.63, 3.8) is 0 Å². The molecule has 0 atom stereocenters. The number of hydrogen-bond donors (Lipinski definition) is 1. The fourth-order valence-corrected chi connectivity index (χ4v) is 4.11. The quantitative estimate of drug-likeness (QED) is 0.214. The number of thioether (sulfide) groups is 1. The molecule has 4 rings (SSSR count). The third-order valence-electron chi connectivity index (χ3n) is 4.61. The van der Waals surface area contributed by atoms with Crippen LogP contribution in [-0.2, 0) is 5.75 Å². The first-order valence-electron chi connectivity index (χ1n) is 9.81. The molecule has 0 aliphatic heterocycles. The van der Waals surface area contributed by atoms with Crippen molar-refractivity contribution in [2.45, 2.75) is 31.6 Å². The molecule has 0 aliphatic carbocycles. The molecule has 8 heteroatoms. The Hall–Kier alpha value is -3.52. The fraction of sp³-hybridized carbons (Fsp3) is 0.174. The molecule has 0 spiro atoms. The van der Waals surface area contributed by atoms with Crippen molar-refractivity contribution in [2.75, 3.05) is 5.43 Å². The molecule has 0 bridgehead atoms. The van der Waals surface area contributed by atoms with Gasteiger partial charge in [0.05, 0.1) is 11.8 Å². The molecule has 3 aromatic heterocycles. The molecule has 0 radical (unpaired) electrons. The largest absolute Gasteiger partial charge is 0.268 e. The van der Waals surface area contributed by atoms with Gasteiger partial charge in [-0.15, -0.1) is 11.8 Å². The second-order valence-corrected chi connectivity index (χ2v) is 8.10. The minimum atomic E-state index is -0.170. The number of aromatic nitrogens is 4. The molecule has 156 valence electrons. The van der Waals surface area contributed by atoms with Crippen molar-refractivity contribution < 1.29 is 0 Å². The van der Waals surface area contributed by atoms with Crippen molar-refractivity contribution in [3.8, 4) is 0 Å². The van der Waals surface area contributed by atoms with Crippen LogP contribution >= 0.6 is 11.8 Å². The van der Waals surface area contributed by atoms with Crippen LogP contribution in [0.15, 0.2) is 69.6 Å². The Morgan fingerprint density at radius 3 is 2.52 bits per heavy atom. The summed E-state index contributed by atoms with van der Waals surface area (Å²) in [7, 11) is 0. The molecule has 0 aliphatic rings. The lowest BCUT2D eigenvalue weighted by Crippen LogP contribution is -2.21. The van der Waals surface area contributed by atoms with Gasteiger partial charge in [0.2, 0.25) is 5.95 Å². The van der Waals surface area contributed by atoms with Crippen LogP contribution in [0.25, 0.3) is 5.65 Å². The number of nitrogens with zero attached hydrogens (tertiary/aromatic N) is 5. The van der Waals surface area contributed by atoms with Gasteiger partial charge >= 0.3 is 0 Å². The average molecular weight is 431 g/mol. The second-order valence-electron chi connectivity index (χ2n) is 7.14. The van der Waals surface area contributed by atoms with Crippen LogP contribution in [0.3, 0.4) is 0 Å². The molecule has 0 amide bonds. The lowest BCUT2D eigenvalue weighted by atomic mass is 10.2.